The third-order valence-electron chi connectivity index (χ3n) is 4.58. The molecule has 0 saturated carbocycles. The van der Waals surface area contributed by atoms with Gasteiger partial charge in [0.1, 0.15) is 11.8 Å². The molecular formula is C19H21ClN2O4S. The number of carbonyl (C=O) groups is 1. The van der Waals surface area contributed by atoms with E-state index in [-0.39, 0.29) is 17.3 Å². The lowest BCUT2D eigenvalue weighted by atomic mass is 10.2. The normalized spacial score (nSPS) is 17.6. The van der Waals surface area contributed by atoms with Gasteiger partial charge < -0.3 is 10.1 Å². The molecular weight excluding hydrogens is 388 g/mol. The number of ether oxygens (including phenoxy) is 1. The second-order valence-corrected chi connectivity index (χ2v) is 8.56. The molecule has 1 aliphatic rings. The van der Waals surface area contributed by atoms with E-state index in [9.17, 15) is 13.2 Å². The van der Waals surface area contributed by atoms with Crippen molar-refractivity contribution in [3.8, 4) is 5.75 Å². The van der Waals surface area contributed by atoms with E-state index in [1.54, 1.807) is 18.2 Å². The van der Waals surface area contributed by atoms with Gasteiger partial charge in [0.15, 0.2) is 0 Å². The average Bonchev–Trinajstić information content (AvgIpc) is 3.18. The highest BCUT2D eigenvalue weighted by molar-refractivity contribution is 7.89. The first kappa shape index (κ1) is 19.7. The highest BCUT2D eigenvalue weighted by Gasteiger charge is 2.39. The number of hydrogen-bond acceptors (Lipinski definition) is 4. The van der Waals surface area contributed by atoms with E-state index < -0.39 is 16.1 Å². The van der Waals surface area contributed by atoms with Gasteiger partial charge in [-0.05, 0) is 48.7 Å². The summed E-state index contributed by atoms with van der Waals surface area (Å²) in [5.74, 6) is 0.258. The van der Waals surface area contributed by atoms with E-state index in [0.29, 0.717) is 30.2 Å². The number of benzene rings is 2. The average molecular weight is 409 g/mol. The topological polar surface area (TPSA) is 75.7 Å². The third-order valence-corrected chi connectivity index (χ3v) is 6.87. The molecule has 3 rings (SSSR count). The SMILES string of the molecule is COc1ccc(S(=O)(=O)N2CCC[C@@H]2C(=O)NCc2ccccc2Cl)cc1. The van der Waals surface area contributed by atoms with Gasteiger partial charge in [0.05, 0.1) is 12.0 Å². The van der Waals surface area contributed by atoms with Crippen molar-refractivity contribution in [2.24, 2.45) is 0 Å². The van der Waals surface area contributed by atoms with Crippen LogP contribution in [0.25, 0.3) is 0 Å². The number of rotatable bonds is 6. The van der Waals surface area contributed by atoms with E-state index in [0.717, 1.165) is 5.56 Å². The Morgan fingerprint density at radius 1 is 1.22 bits per heavy atom. The largest absolute Gasteiger partial charge is 0.497 e. The van der Waals surface area contributed by atoms with Gasteiger partial charge >= 0.3 is 0 Å². The first-order chi connectivity index (χ1) is 12.9. The number of sulfonamides is 1. The molecule has 0 bridgehead atoms. The zero-order chi connectivity index (χ0) is 19.4. The van der Waals surface area contributed by atoms with E-state index >= 15 is 0 Å². The quantitative estimate of drug-likeness (QED) is 0.797. The van der Waals surface area contributed by atoms with Crippen molar-refractivity contribution in [2.45, 2.75) is 30.3 Å². The molecule has 144 valence electrons. The molecule has 0 aliphatic carbocycles. The van der Waals surface area contributed by atoms with Crippen LogP contribution >= 0.6 is 11.6 Å². The fourth-order valence-electron chi connectivity index (χ4n) is 3.11. The molecule has 27 heavy (non-hydrogen) atoms. The molecule has 1 N–H and O–H groups in total. The van der Waals surface area contributed by atoms with E-state index in [4.69, 9.17) is 16.3 Å². The van der Waals surface area contributed by atoms with Gasteiger partial charge in [0.2, 0.25) is 15.9 Å². The number of carbonyl (C=O) groups excluding carboxylic acids is 1. The maximum atomic E-state index is 13.0. The Bertz CT molecular complexity index is 916. The fourth-order valence-corrected chi connectivity index (χ4v) is 4.97. The zero-order valence-electron chi connectivity index (χ0n) is 14.9. The second-order valence-electron chi connectivity index (χ2n) is 6.26. The molecule has 0 spiro atoms. The maximum absolute atomic E-state index is 13.0. The second kappa shape index (κ2) is 8.29. The number of nitrogens with zero attached hydrogens (tertiary/aromatic N) is 1. The van der Waals surface area contributed by atoms with E-state index in [2.05, 4.69) is 5.32 Å². The molecule has 2 aromatic carbocycles. The summed E-state index contributed by atoms with van der Waals surface area (Å²) in [6, 6.07) is 12.7. The number of hydrogen-bond donors (Lipinski definition) is 1. The molecule has 8 heteroatoms. The Balaban J connectivity index is 1.73. The molecule has 1 atom stereocenters. The molecule has 0 radical (unpaired) electrons. The Labute approximate surface area is 164 Å². The van der Waals surface area contributed by atoms with Crippen LogP contribution in [0.4, 0.5) is 0 Å². The summed E-state index contributed by atoms with van der Waals surface area (Å²) in [6.07, 6.45) is 1.13. The van der Waals surface area contributed by atoms with Gasteiger partial charge in [-0.15, -0.1) is 0 Å². The molecule has 0 unspecified atom stereocenters. The number of amides is 1. The van der Waals surface area contributed by atoms with E-state index in [1.165, 1.54) is 23.5 Å². The minimum atomic E-state index is -3.76. The van der Waals surface area contributed by atoms with Crippen LogP contribution in [0, 0.1) is 0 Å². The van der Waals surface area contributed by atoms with Crippen molar-refractivity contribution < 1.29 is 17.9 Å². The summed E-state index contributed by atoms with van der Waals surface area (Å²) in [5, 5.41) is 3.37. The number of methoxy groups -OCH3 is 1. The number of nitrogens with one attached hydrogen (secondary N) is 1. The van der Waals surface area contributed by atoms with Gasteiger partial charge in [-0.1, -0.05) is 29.8 Å². The smallest absolute Gasteiger partial charge is 0.243 e. The highest BCUT2D eigenvalue weighted by Crippen LogP contribution is 2.27. The van der Waals surface area contributed by atoms with Crippen LogP contribution in [0.1, 0.15) is 18.4 Å². The summed E-state index contributed by atoms with van der Waals surface area (Å²) in [7, 11) is -2.24. The summed E-state index contributed by atoms with van der Waals surface area (Å²) in [6.45, 7) is 0.573. The van der Waals surface area contributed by atoms with E-state index in [1.807, 2.05) is 18.2 Å². The first-order valence-corrected chi connectivity index (χ1v) is 10.4. The lowest BCUT2D eigenvalue weighted by Crippen LogP contribution is -2.45. The van der Waals surface area contributed by atoms with Crippen molar-refractivity contribution in [1.29, 1.82) is 0 Å². The predicted octanol–water partition coefficient (Wildman–Crippen LogP) is 2.82. The molecule has 1 saturated heterocycles. The monoisotopic (exact) mass is 408 g/mol. The Morgan fingerprint density at radius 2 is 1.93 bits per heavy atom. The van der Waals surface area contributed by atoms with Crippen LogP contribution in [0.5, 0.6) is 5.75 Å². The summed E-state index contributed by atoms with van der Waals surface area (Å²) >= 11 is 6.11. The van der Waals surface area contributed by atoms with Crippen LogP contribution < -0.4 is 10.1 Å². The van der Waals surface area contributed by atoms with Crippen molar-refractivity contribution in [2.75, 3.05) is 13.7 Å². The van der Waals surface area contributed by atoms with Gasteiger partial charge in [0.25, 0.3) is 0 Å². The maximum Gasteiger partial charge on any atom is 0.243 e. The van der Waals surface area contributed by atoms with Crippen LogP contribution in [0.2, 0.25) is 5.02 Å². The Kier molecular flexibility index (Phi) is 6.04. The Hall–Kier alpha value is -2.09. The van der Waals surface area contributed by atoms with Crippen molar-refractivity contribution >= 4 is 27.5 Å². The summed E-state index contributed by atoms with van der Waals surface area (Å²) in [5.41, 5.74) is 0.787. The molecule has 1 fully saturated rings. The van der Waals surface area contributed by atoms with Gasteiger partial charge in [-0.25, -0.2) is 8.42 Å². The molecule has 0 aromatic heterocycles. The lowest BCUT2D eigenvalue weighted by Gasteiger charge is -2.23. The molecule has 6 nitrogen and oxygen atoms in total. The summed E-state index contributed by atoms with van der Waals surface area (Å²) in [4.78, 5) is 12.8. The Morgan fingerprint density at radius 3 is 2.59 bits per heavy atom. The minimum absolute atomic E-state index is 0.147. The van der Waals surface area contributed by atoms with Gasteiger partial charge in [-0.3, -0.25) is 4.79 Å². The number of halogens is 1. The standard InChI is InChI=1S/C19H21ClN2O4S/c1-26-15-8-10-16(11-9-15)27(24,25)22-12-4-7-18(22)19(23)21-13-14-5-2-3-6-17(14)20/h2-3,5-6,8-11,18H,4,7,12-13H2,1H3,(H,21,23)/t18-/m1/s1. The first-order valence-electron chi connectivity index (χ1n) is 8.60. The van der Waals surface area contributed by atoms with Crippen LogP contribution in [-0.2, 0) is 21.4 Å². The molecule has 1 heterocycles. The van der Waals surface area contributed by atoms with Crippen molar-refractivity contribution in [1.82, 2.24) is 9.62 Å². The predicted molar refractivity (Wildman–Crippen MR) is 103 cm³/mol. The lowest BCUT2D eigenvalue weighted by molar-refractivity contribution is -0.124. The third kappa shape index (κ3) is 4.26. The van der Waals surface area contributed by atoms with Crippen molar-refractivity contribution in [3.63, 3.8) is 0 Å². The minimum Gasteiger partial charge on any atom is -0.497 e. The molecule has 1 amide bonds. The fraction of sp³-hybridized carbons (Fsp3) is 0.316. The van der Waals surface area contributed by atoms with Gasteiger partial charge in [0, 0.05) is 18.1 Å². The summed E-state index contributed by atoms with van der Waals surface area (Å²) < 4.78 is 32.3. The van der Waals surface area contributed by atoms with Gasteiger partial charge in [-0.2, -0.15) is 4.31 Å². The van der Waals surface area contributed by atoms with Crippen LogP contribution in [-0.4, -0.2) is 38.3 Å². The van der Waals surface area contributed by atoms with Crippen molar-refractivity contribution in [3.05, 3.63) is 59.1 Å². The molecule has 2 aromatic rings. The zero-order valence-corrected chi connectivity index (χ0v) is 16.5. The van der Waals surface area contributed by atoms with Crippen LogP contribution in [0.15, 0.2) is 53.4 Å². The highest BCUT2D eigenvalue weighted by atomic mass is 35.5. The molecule has 1 aliphatic heterocycles. The van der Waals surface area contributed by atoms with Crippen LogP contribution in [0.3, 0.4) is 0 Å².